The fourth-order valence-corrected chi connectivity index (χ4v) is 2.39. The van der Waals surface area contributed by atoms with Crippen molar-refractivity contribution >= 4 is 11.6 Å². The number of benzene rings is 2. The summed E-state index contributed by atoms with van der Waals surface area (Å²) >= 11 is 6.11. The molecular formula is C16H16ClFO. The number of aliphatic hydroxyl groups excluding tert-OH is 1. The standard InChI is InChI=1S/C16H16ClFO/c17-16-7-2-1-5-14(16)9-13(11-19)8-12-4-3-6-15(18)10-12/h1-7,10,13,19H,8-9,11H2. The monoisotopic (exact) mass is 278 g/mol. The van der Waals surface area contributed by atoms with E-state index in [0.29, 0.717) is 17.9 Å². The van der Waals surface area contributed by atoms with Crippen LogP contribution in [0.2, 0.25) is 5.02 Å². The maximum atomic E-state index is 13.1. The Bertz CT molecular complexity index is 542. The summed E-state index contributed by atoms with van der Waals surface area (Å²) in [6, 6.07) is 14.1. The highest BCUT2D eigenvalue weighted by molar-refractivity contribution is 6.31. The van der Waals surface area contributed by atoms with Gasteiger partial charge >= 0.3 is 0 Å². The molecule has 0 aliphatic rings. The predicted molar refractivity (Wildman–Crippen MR) is 75.8 cm³/mol. The predicted octanol–water partition coefficient (Wildman–Crippen LogP) is 3.87. The van der Waals surface area contributed by atoms with E-state index in [9.17, 15) is 9.50 Å². The van der Waals surface area contributed by atoms with E-state index in [0.717, 1.165) is 11.1 Å². The van der Waals surface area contributed by atoms with Crippen molar-refractivity contribution in [3.63, 3.8) is 0 Å². The van der Waals surface area contributed by atoms with Crippen LogP contribution in [0.25, 0.3) is 0 Å². The molecule has 0 saturated heterocycles. The van der Waals surface area contributed by atoms with Crippen LogP contribution in [-0.2, 0) is 12.8 Å². The molecule has 0 heterocycles. The van der Waals surface area contributed by atoms with Gasteiger partial charge in [-0.25, -0.2) is 4.39 Å². The van der Waals surface area contributed by atoms with Crippen LogP contribution in [0.1, 0.15) is 11.1 Å². The third kappa shape index (κ3) is 4.05. The van der Waals surface area contributed by atoms with Gasteiger partial charge in [0.05, 0.1) is 0 Å². The Kier molecular flexibility index (Phi) is 4.94. The second-order valence-electron chi connectivity index (χ2n) is 4.68. The SMILES string of the molecule is OCC(Cc1cccc(F)c1)Cc1ccccc1Cl. The first-order valence-electron chi connectivity index (χ1n) is 6.27. The fraction of sp³-hybridized carbons (Fsp3) is 0.250. The summed E-state index contributed by atoms with van der Waals surface area (Å²) in [5.74, 6) is -0.200. The van der Waals surface area contributed by atoms with Crippen molar-refractivity contribution in [2.45, 2.75) is 12.8 Å². The first-order chi connectivity index (χ1) is 9.19. The normalized spacial score (nSPS) is 12.4. The average molecular weight is 279 g/mol. The molecule has 19 heavy (non-hydrogen) atoms. The largest absolute Gasteiger partial charge is 0.396 e. The Morgan fingerprint density at radius 1 is 1.05 bits per heavy atom. The van der Waals surface area contributed by atoms with Crippen molar-refractivity contribution in [2.75, 3.05) is 6.61 Å². The van der Waals surface area contributed by atoms with Crippen LogP contribution in [0.4, 0.5) is 4.39 Å². The number of hydrogen-bond acceptors (Lipinski definition) is 1. The Balaban J connectivity index is 2.07. The summed E-state index contributed by atoms with van der Waals surface area (Å²) in [7, 11) is 0. The average Bonchev–Trinajstić information content (AvgIpc) is 2.40. The van der Waals surface area contributed by atoms with Crippen molar-refractivity contribution in [3.05, 3.63) is 70.5 Å². The van der Waals surface area contributed by atoms with Gasteiger partial charge in [0.15, 0.2) is 0 Å². The van der Waals surface area contributed by atoms with Crippen LogP contribution < -0.4 is 0 Å². The fourth-order valence-electron chi connectivity index (χ4n) is 2.17. The molecule has 0 aromatic heterocycles. The van der Waals surface area contributed by atoms with Crippen molar-refractivity contribution in [3.8, 4) is 0 Å². The minimum absolute atomic E-state index is 0.0432. The van der Waals surface area contributed by atoms with E-state index in [-0.39, 0.29) is 18.3 Å². The molecule has 1 atom stereocenters. The molecule has 0 radical (unpaired) electrons. The molecule has 2 aromatic carbocycles. The Hall–Kier alpha value is -1.38. The second-order valence-corrected chi connectivity index (χ2v) is 5.09. The third-order valence-electron chi connectivity index (χ3n) is 3.14. The molecule has 1 nitrogen and oxygen atoms in total. The smallest absolute Gasteiger partial charge is 0.123 e. The first kappa shape index (κ1) is 14.0. The van der Waals surface area contributed by atoms with E-state index in [4.69, 9.17) is 11.6 Å². The summed E-state index contributed by atoms with van der Waals surface area (Å²) in [5, 5.41) is 10.2. The maximum Gasteiger partial charge on any atom is 0.123 e. The molecule has 2 rings (SSSR count). The zero-order chi connectivity index (χ0) is 13.7. The van der Waals surface area contributed by atoms with Crippen molar-refractivity contribution in [2.24, 2.45) is 5.92 Å². The Morgan fingerprint density at radius 3 is 2.53 bits per heavy atom. The maximum absolute atomic E-state index is 13.1. The zero-order valence-corrected chi connectivity index (χ0v) is 11.3. The van der Waals surface area contributed by atoms with Gasteiger partial charge in [-0.1, -0.05) is 41.9 Å². The Morgan fingerprint density at radius 2 is 1.84 bits per heavy atom. The molecule has 0 aliphatic heterocycles. The summed E-state index contributed by atoms with van der Waals surface area (Å²) in [6.07, 6.45) is 1.33. The molecule has 100 valence electrons. The Labute approximate surface area is 117 Å². The second kappa shape index (κ2) is 6.69. The van der Waals surface area contributed by atoms with Crippen LogP contribution in [0.15, 0.2) is 48.5 Å². The minimum atomic E-state index is -0.244. The van der Waals surface area contributed by atoms with Crippen LogP contribution >= 0.6 is 11.6 Å². The van der Waals surface area contributed by atoms with Gasteiger partial charge in [-0.15, -0.1) is 0 Å². The van der Waals surface area contributed by atoms with Gasteiger partial charge in [0, 0.05) is 11.6 Å². The number of rotatable bonds is 5. The van der Waals surface area contributed by atoms with E-state index in [1.807, 2.05) is 30.3 Å². The van der Waals surface area contributed by atoms with Crippen LogP contribution in [-0.4, -0.2) is 11.7 Å². The quantitative estimate of drug-likeness (QED) is 0.880. The molecule has 1 N–H and O–H groups in total. The van der Waals surface area contributed by atoms with E-state index in [1.165, 1.54) is 12.1 Å². The third-order valence-corrected chi connectivity index (χ3v) is 3.51. The van der Waals surface area contributed by atoms with Gasteiger partial charge in [0.1, 0.15) is 5.82 Å². The van der Waals surface area contributed by atoms with Crippen LogP contribution in [0.5, 0.6) is 0 Å². The molecule has 0 fully saturated rings. The lowest BCUT2D eigenvalue weighted by Gasteiger charge is -2.15. The van der Waals surface area contributed by atoms with Gasteiger partial charge in [0.25, 0.3) is 0 Å². The summed E-state index contributed by atoms with van der Waals surface area (Å²) in [4.78, 5) is 0. The summed E-state index contributed by atoms with van der Waals surface area (Å²) < 4.78 is 13.1. The van der Waals surface area contributed by atoms with Gasteiger partial charge in [-0.2, -0.15) is 0 Å². The van der Waals surface area contributed by atoms with E-state index in [1.54, 1.807) is 6.07 Å². The molecule has 0 aliphatic carbocycles. The number of hydrogen-bond donors (Lipinski definition) is 1. The van der Waals surface area contributed by atoms with Crippen molar-refractivity contribution in [1.29, 1.82) is 0 Å². The van der Waals surface area contributed by atoms with E-state index in [2.05, 4.69) is 0 Å². The molecule has 0 spiro atoms. The minimum Gasteiger partial charge on any atom is -0.396 e. The molecule has 1 unspecified atom stereocenters. The highest BCUT2D eigenvalue weighted by atomic mass is 35.5. The summed E-state index contributed by atoms with van der Waals surface area (Å²) in [5.41, 5.74) is 1.91. The number of halogens is 2. The van der Waals surface area contributed by atoms with E-state index >= 15 is 0 Å². The first-order valence-corrected chi connectivity index (χ1v) is 6.65. The molecule has 0 bridgehead atoms. The van der Waals surface area contributed by atoms with E-state index < -0.39 is 0 Å². The lowest BCUT2D eigenvalue weighted by molar-refractivity contribution is 0.225. The number of aliphatic hydroxyl groups is 1. The van der Waals surface area contributed by atoms with Crippen LogP contribution in [0.3, 0.4) is 0 Å². The molecule has 0 saturated carbocycles. The summed E-state index contributed by atoms with van der Waals surface area (Å²) in [6.45, 7) is 0.0573. The van der Waals surface area contributed by atoms with Gasteiger partial charge in [-0.3, -0.25) is 0 Å². The molecule has 3 heteroatoms. The van der Waals surface area contributed by atoms with Crippen LogP contribution in [0, 0.1) is 11.7 Å². The topological polar surface area (TPSA) is 20.2 Å². The molecule has 2 aromatic rings. The van der Waals surface area contributed by atoms with Gasteiger partial charge in [-0.05, 0) is 48.1 Å². The highest BCUT2D eigenvalue weighted by Gasteiger charge is 2.12. The lowest BCUT2D eigenvalue weighted by Crippen LogP contribution is -2.13. The zero-order valence-electron chi connectivity index (χ0n) is 10.5. The van der Waals surface area contributed by atoms with Crippen molar-refractivity contribution in [1.82, 2.24) is 0 Å². The lowest BCUT2D eigenvalue weighted by atomic mass is 9.93. The molecule has 0 amide bonds. The van der Waals surface area contributed by atoms with Gasteiger partial charge < -0.3 is 5.11 Å². The highest BCUT2D eigenvalue weighted by Crippen LogP contribution is 2.21. The van der Waals surface area contributed by atoms with Gasteiger partial charge in [0.2, 0.25) is 0 Å². The molecular weight excluding hydrogens is 263 g/mol. The van der Waals surface area contributed by atoms with Crippen molar-refractivity contribution < 1.29 is 9.50 Å².